The van der Waals surface area contributed by atoms with Crippen molar-refractivity contribution < 1.29 is 9.53 Å². The number of hydrogen-bond donors (Lipinski definition) is 1. The van der Waals surface area contributed by atoms with Crippen LogP contribution >= 0.6 is 0 Å². The first kappa shape index (κ1) is 11.7. The monoisotopic (exact) mass is 241 g/mol. The number of terminal acetylenes is 1. The van der Waals surface area contributed by atoms with Crippen molar-refractivity contribution in [2.24, 2.45) is 0 Å². The molecule has 1 N–H and O–H groups in total. The zero-order valence-electron chi connectivity index (χ0n) is 9.54. The first-order chi connectivity index (χ1) is 8.79. The van der Waals surface area contributed by atoms with Gasteiger partial charge in [0.2, 0.25) is 0 Å². The van der Waals surface area contributed by atoms with Gasteiger partial charge in [-0.05, 0) is 24.3 Å². The number of anilines is 1. The van der Waals surface area contributed by atoms with Crippen molar-refractivity contribution in [2.45, 2.75) is 0 Å². The fraction of sp³-hybridized carbons (Fsp3) is 0.0769. The minimum absolute atomic E-state index is 0.223. The van der Waals surface area contributed by atoms with E-state index >= 15 is 0 Å². The fourth-order valence-corrected chi connectivity index (χ4v) is 1.33. The topological polar surface area (TPSA) is 56.1 Å². The second-order valence-corrected chi connectivity index (χ2v) is 3.42. The van der Waals surface area contributed by atoms with Crippen molar-refractivity contribution in [1.29, 1.82) is 0 Å². The molecule has 1 aromatic heterocycles. The Hall–Kier alpha value is -2.74. The Kier molecular flexibility index (Phi) is 3.62. The van der Waals surface area contributed by atoms with E-state index in [2.05, 4.69) is 16.2 Å². The van der Waals surface area contributed by atoms with E-state index in [-0.39, 0.29) is 12.6 Å². The molecule has 0 aliphatic rings. The van der Waals surface area contributed by atoms with Crippen LogP contribution in [0.25, 0.3) is 0 Å². The van der Waals surface area contributed by atoms with Gasteiger partial charge in [-0.15, -0.1) is 6.42 Å². The first-order valence-corrected chi connectivity index (χ1v) is 5.25. The molecule has 1 amide bonds. The highest BCUT2D eigenvalue weighted by Gasteiger charge is 2.03. The van der Waals surface area contributed by atoms with Crippen LogP contribution in [0.5, 0.6) is 5.75 Å². The van der Waals surface area contributed by atoms with Gasteiger partial charge >= 0.3 is 6.03 Å². The average molecular weight is 241 g/mol. The fourth-order valence-electron chi connectivity index (χ4n) is 1.33. The minimum atomic E-state index is -0.273. The molecule has 0 fully saturated rings. The Bertz CT molecular complexity index is 553. The summed E-state index contributed by atoms with van der Waals surface area (Å²) in [6.45, 7) is 0.223. The number of rotatable bonds is 3. The van der Waals surface area contributed by atoms with Crippen molar-refractivity contribution >= 4 is 11.7 Å². The van der Waals surface area contributed by atoms with Gasteiger partial charge in [-0.1, -0.05) is 5.92 Å². The summed E-state index contributed by atoms with van der Waals surface area (Å²) >= 11 is 0. The summed E-state index contributed by atoms with van der Waals surface area (Å²) in [6.07, 6.45) is 9.62. The van der Waals surface area contributed by atoms with Gasteiger partial charge in [0.25, 0.3) is 0 Å². The van der Waals surface area contributed by atoms with Crippen LogP contribution in [-0.2, 0) is 0 Å². The molecule has 0 bridgehead atoms. The summed E-state index contributed by atoms with van der Waals surface area (Å²) in [5.41, 5.74) is 0.668. The van der Waals surface area contributed by atoms with E-state index in [1.807, 2.05) is 0 Å². The zero-order chi connectivity index (χ0) is 12.8. The number of nitrogens with zero attached hydrogens (tertiary/aromatic N) is 2. The predicted octanol–water partition coefficient (Wildman–Crippen LogP) is 1.98. The zero-order valence-corrected chi connectivity index (χ0v) is 9.54. The maximum absolute atomic E-state index is 11.7. The Morgan fingerprint density at radius 3 is 2.83 bits per heavy atom. The van der Waals surface area contributed by atoms with Gasteiger partial charge in [-0.2, -0.15) is 0 Å². The quantitative estimate of drug-likeness (QED) is 0.836. The molecule has 5 heteroatoms. The van der Waals surface area contributed by atoms with E-state index < -0.39 is 0 Å². The van der Waals surface area contributed by atoms with Crippen LogP contribution in [0.4, 0.5) is 10.5 Å². The molecule has 0 radical (unpaired) electrons. The molecule has 90 valence electrons. The molecule has 0 saturated heterocycles. The van der Waals surface area contributed by atoms with E-state index in [0.717, 1.165) is 0 Å². The molecule has 5 nitrogen and oxygen atoms in total. The van der Waals surface area contributed by atoms with Crippen molar-refractivity contribution in [3.05, 3.63) is 43.0 Å². The van der Waals surface area contributed by atoms with Crippen LogP contribution < -0.4 is 10.1 Å². The summed E-state index contributed by atoms with van der Waals surface area (Å²) in [4.78, 5) is 15.5. The number of hydrogen-bond acceptors (Lipinski definition) is 3. The Morgan fingerprint density at radius 1 is 1.44 bits per heavy atom. The molecule has 0 atom stereocenters. The molecule has 0 saturated carbocycles. The molecule has 0 spiro atoms. The molecule has 1 aromatic carbocycles. The lowest BCUT2D eigenvalue weighted by molar-refractivity contribution is 0.253. The van der Waals surface area contributed by atoms with Gasteiger partial charge in [0.1, 0.15) is 18.7 Å². The second kappa shape index (κ2) is 5.55. The van der Waals surface area contributed by atoms with Gasteiger partial charge in [-0.25, -0.2) is 9.78 Å². The third-order valence-electron chi connectivity index (χ3n) is 2.17. The minimum Gasteiger partial charge on any atom is -0.481 e. The summed E-state index contributed by atoms with van der Waals surface area (Å²) in [5.74, 6) is 3.04. The second-order valence-electron chi connectivity index (χ2n) is 3.42. The lowest BCUT2D eigenvalue weighted by Gasteiger charge is -2.06. The molecule has 2 rings (SSSR count). The molecule has 0 aliphatic carbocycles. The smallest absolute Gasteiger partial charge is 0.331 e. The number of imidazole rings is 1. The van der Waals surface area contributed by atoms with Crippen molar-refractivity contribution in [2.75, 3.05) is 11.9 Å². The SMILES string of the molecule is C#CCOc1ccc(NC(=O)n2ccnc2)cc1. The van der Waals surface area contributed by atoms with Crippen LogP contribution in [0.2, 0.25) is 0 Å². The molecule has 1 heterocycles. The van der Waals surface area contributed by atoms with E-state index in [1.54, 1.807) is 30.5 Å². The summed E-state index contributed by atoms with van der Waals surface area (Å²) < 4.78 is 6.57. The van der Waals surface area contributed by atoms with Gasteiger partial charge in [0.05, 0.1) is 0 Å². The van der Waals surface area contributed by atoms with Gasteiger partial charge in [0, 0.05) is 18.1 Å². The van der Waals surface area contributed by atoms with Crippen molar-refractivity contribution in [3.8, 4) is 18.1 Å². The Morgan fingerprint density at radius 2 is 2.22 bits per heavy atom. The van der Waals surface area contributed by atoms with Crippen molar-refractivity contribution in [3.63, 3.8) is 0 Å². The summed E-state index contributed by atoms with van der Waals surface area (Å²) in [6, 6.07) is 6.67. The normalized spacial score (nSPS) is 9.50. The van der Waals surface area contributed by atoms with Crippen molar-refractivity contribution in [1.82, 2.24) is 9.55 Å². The Balaban J connectivity index is 1.98. The van der Waals surface area contributed by atoms with Crippen LogP contribution in [0, 0.1) is 12.3 Å². The largest absolute Gasteiger partial charge is 0.481 e. The maximum atomic E-state index is 11.7. The van der Waals surface area contributed by atoms with Crippen LogP contribution in [0.15, 0.2) is 43.0 Å². The molecular weight excluding hydrogens is 230 g/mol. The lowest BCUT2D eigenvalue weighted by atomic mass is 10.3. The third-order valence-corrected chi connectivity index (χ3v) is 2.17. The highest BCUT2D eigenvalue weighted by atomic mass is 16.5. The summed E-state index contributed by atoms with van der Waals surface area (Å²) in [5, 5.41) is 2.72. The lowest BCUT2D eigenvalue weighted by Crippen LogP contribution is -2.17. The highest BCUT2D eigenvalue weighted by molar-refractivity contribution is 5.90. The summed E-state index contributed by atoms with van der Waals surface area (Å²) in [7, 11) is 0. The van der Waals surface area contributed by atoms with Gasteiger partial charge < -0.3 is 10.1 Å². The van der Waals surface area contributed by atoms with Crippen LogP contribution in [-0.4, -0.2) is 22.2 Å². The van der Waals surface area contributed by atoms with Crippen LogP contribution in [0.3, 0.4) is 0 Å². The number of carbonyl (C=O) groups is 1. The molecular formula is C13H11N3O2. The number of nitrogens with one attached hydrogen (secondary N) is 1. The number of benzene rings is 1. The molecule has 2 aromatic rings. The predicted molar refractivity (Wildman–Crippen MR) is 67.4 cm³/mol. The number of amides is 1. The Labute approximate surface area is 104 Å². The van der Waals surface area contributed by atoms with Gasteiger partial charge in [-0.3, -0.25) is 4.57 Å². The molecule has 0 aliphatic heterocycles. The number of aromatic nitrogens is 2. The van der Waals surface area contributed by atoms with E-state index in [0.29, 0.717) is 11.4 Å². The maximum Gasteiger partial charge on any atom is 0.331 e. The first-order valence-electron chi connectivity index (χ1n) is 5.25. The van der Waals surface area contributed by atoms with Crippen LogP contribution in [0.1, 0.15) is 0 Å². The van der Waals surface area contributed by atoms with E-state index in [4.69, 9.17) is 11.2 Å². The molecule has 0 unspecified atom stereocenters. The van der Waals surface area contributed by atoms with E-state index in [9.17, 15) is 4.79 Å². The highest BCUT2D eigenvalue weighted by Crippen LogP contribution is 2.15. The van der Waals surface area contributed by atoms with E-state index in [1.165, 1.54) is 17.1 Å². The number of carbonyl (C=O) groups excluding carboxylic acids is 1. The third kappa shape index (κ3) is 2.89. The average Bonchev–Trinajstić information content (AvgIpc) is 2.92. The molecule has 18 heavy (non-hydrogen) atoms. The van der Waals surface area contributed by atoms with Gasteiger partial charge in [0.15, 0.2) is 0 Å². The number of ether oxygens (including phenoxy) is 1. The standard InChI is InChI=1S/C13H11N3O2/c1-2-9-18-12-5-3-11(4-6-12)15-13(17)16-8-7-14-10-16/h1,3-8,10H,9H2,(H,15,17).